The molecule has 2 atom stereocenters. The third kappa shape index (κ3) is 4.70. The van der Waals surface area contributed by atoms with E-state index in [9.17, 15) is 9.59 Å². The van der Waals surface area contributed by atoms with E-state index >= 15 is 0 Å². The van der Waals surface area contributed by atoms with Gasteiger partial charge in [-0.1, -0.05) is 36.4 Å². The molecular formula is C22H26N2O4. The van der Waals surface area contributed by atoms with E-state index in [1.807, 2.05) is 48.5 Å². The maximum absolute atomic E-state index is 12.8. The molecule has 6 nitrogen and oxygen atoms in total. The number of likely N-dealkylation sites (tertiary alicyclic amines) is 1. The molecule has 2 aromatic rings. The molecule has 28 heavy (non-hydrogen) atoms. The second kappa shape index (κ2) is 9.37. The van der Waals surface area contributed by atoms with Gasteiger partial charge in [0, 0.05) is 25.4 Å². The molecule has 0 radical (unpaired) electrons. The van der Waals surface area contributed by atoms with Crippen LogP contribution in [-0.4, -0.2) is 44.1 Å². The summed E-state index contributed by atoms with van der Waals surface area (Å²) in [6.07, 6.45) is 1.45. The number of hydrogen-bond acceptors (Lipinski definition) is 4. The van der Waals surface area contributed by atoms with Crippen LogP contribution in [0, 0.1) is 5.92 Å². The van der Waals surface area contributed by atoms with Crippen molar-refractivity contribution >= 4 is 17.5 Å². The summed E-state index contributed by atoms with van der Waals surface area (Å²) in [4.78, 5) is 27.2. The van der Waals surface area contributed by atoms with E-state index < -0.39 is 0 Å². The largest absolute Gasteiger partial charge is 0.497 e. The first kappa shape index (κ1) is 19.9. The average Bonchev–Trinajstić information content (AvgIpc) is 2.74. The van der Waals surface area contributed by atoms with Gasteiger partial charge in [-0.2, -0.15) is 0 Å². The molecule has 1 fully saturated rings. The Labute approximate surface area is 165 Å². The molecule has 0 bridgehead atoms. The number of amides is 2. The second-order valence-corrected chi connectivity index (χ2v) is 6.90. The molecule has 1 N–H and O–H groups in total. The number of nitrogens with one attached hydrogen (secondary N) is 1. The SMILES string of the molecule is COCC(=O)N1CC(C(=O)Nc2cccc(OC)c2)CCC1c1ccccc1. The number of carbonyl (C=O) groups is 2. The maximum Gasteiger partial charge on any atom is 0.249 e. The maximum atomic E-state index is 12.8. The molecule has 1 aliphatic heterocycles. The Morgan fingerprint density at radius 2 is 1.86 bits per heavy atom. The van der Waals surface area contributed by atoms with Crippen molar-refractivity contribution in [3.05, 3.63) is 60.2 Å². The van der Waals surface area contributed by atoms with Gasteiger partial charge in [-0.3, -0.25) is 9.59 Å². The number of carbonyl (C=O) groups excluding carboxylic acids is 2. The van der Waals surface area contributed by atoms with Crippen molar-refractivity contribution in [3.8, 4) is 5.75 Å². The zero-order chi connectivity index (χ0) is 19.9. The van der Waals surface area contributed by atoms with Crippen LogP contribution in [-0.2, 0) is 14.3 Å². The number of piperidine rings is 1. The summed E-state index contributed by atoms with van der Waals surface area (Å²) < 4.78 is 10.3. The smallest absolute Gasteiger partial charge is 0.249 e. The number of ether oxygens (including phenoxy) is 2. The van der Waals surface area contributed by atoms with Gasteiger partial charge >= 0.3 is 0 Å². The molecule has 1 heterocycles. The Morgan fingerprint density at radius 3 is 2.57 bits per heavy atom. The number of methoxy groups -OCH3 is 2. The fraction of sp³-hybridized carbons (Fsp3) is 0.364. The van der Waals surface area contributed by atoms with Crippen molar-refractivity contribution < 1.29 is 19.1 Å². The highest BCUT2D eigenvalue weighted by molar-refractivity contribution is 5.93. The van der Waals surface area contributed by atoms with Crippen LogP contribution in [0.15, 0.2) is 54.6 Å². The van der Waals surface area contributed by atoms with E-state index in [-0.39, 0.29) is 30.4 Å². The zero-order valence-corrected chi connectivity index (χ0v) is 16.3. The van der Waals surface area contributed by atoms with E-state index in [0.717, 1.165) is 12.0 Å². The standard InChI is InChI=1S/C22H26N2O4/c1-27-15-21(25)24-14-17(11-12-20(24)16-7-4-3-5-8-16)22(26)23-18-9-6-10-19(13-18)28-2/h3-10,13,17,20H,11-12,14-15H2,1-2H3,(H,23,26). The van der Waals surface area contributed by atoms with Crippen molar-refractivity contribution in [3.63, 3.8) is 0 Å². The first-order valence-electron chi connectivity index (χ1n) is 9.40. The molecule has 1 saturated heterocycles. The van der Waals surface area contributed by atoms with Crippen LogP contribution in [0.4, 0.5) is 5.69 Å². The lowest BCUT2D eigenvalue weighted by Gasteiger charge is -2.39. The van der Waals surface area contributed by atoms with Crippen LogP contribution >= 0.6 is 0 Å². The summed E-state index contributed by atoms with van der Waals surface area (Å²) in [5.41, 5.74) is 1.77. The Hall–Kier alpha value is -2.86. The van der Waals surface area contributed by atoms with Gasteiger partial charge in [0.05, 0.1) is 19.1 Å². The monoisotopic (exact) mass is 382 g/mol. The minimum Gasteiger partial charge on any atom is -0.497 e. The second-order valence-electron chi connectivity index (χ2n) is 6.90. The van der Waals surface area contributed by atoms with Crippen LogP contribution < -0.4 is 10.1 Å². The van der Waals surface area contributed by atoms with Gasteiger partial charge in [-0.05, 0) is 30.5 Å². The first-order chi connectivity index (χ1) is 13.6. The zero-order valence-electron chi connectivity index (χ0n) is 16.3. The van der Waals surface area contributed by atoms with E-state index in [0.29, 0.717) is 24.4 Å². The van der Waals surface area contributed by atoms with E-state index in [4.69, 9.17) is 9.47 Å². The summed E-state index contributed by atoms with van der Waals surface area (Å²) in [6, 6.07) is 17.2. The highest BCUT2D eigenvalue weighted by Gasteiger charge is 2.35. The highest BCUT2D eigenvalue weighted by atomic mass is 16.5. The van der Waals surface area contributed by atoms with Crippen molar-refractivity contribution in [1.29, 1.82) is 0 Å². The normalized spacial score (nSPS) is 19.1. The van der Waals surface area contributed by atoms with Gasteiger partial charge in [-0.25, -0.2) is 0 Å². The summed E-state index contributed by atoms with van der Waals surface area (Å²) in [5, 5.41) is 2.94. The van der Waals surface area contributed by atoms with Crippen LogP contribution in [0.3, 0.4) is 0 Å². The number of nitrogens with zero attached hydrogens (tertiary/aromatic N) is 1. The first-order valence-corrected chi connectivity index (χ1v) is 9.40. The highest BCUT2D eigenvalue weighted by Crippen LogP contribution is 2.34. The summed E-state index contributed by atoms with van der Waals surface area (Å²) >= 11 is 0. The summed E-state index contributed by atoms with van der Waals surface area (Å²) in [7, 11) is 3.09. The van der Waals surface area contributed by atoms with E-state index in [1.165, 1.54) is 7.11 Å². The quantitative estimate of drug-likeness (QED) is 0.833. The molecule has 6 heteroatoms. The van der Waals surface area contributed by atoms with Crippen molar-refractivity contribution in [2.24, 2.45) is 5.92 Å². The third-order valence-electron chi connectivity index (χ3n) is 5.06. The van der Waals surface area contributed by atoms with Crippen molar-refractivity contribution in [2.45, 2.75) is 18.9 Å². The van der Waals surface area contributed by atoms with Gasteiger partial charge in [0.25, 0.3) is 0 Å². The molecular weight excluding hydrogens is 356 g/mol. The average molecular weight is 382 g/mol. The molecule has 2 amide bonds. The fourth-order valence-corrected chi connectivity index (χ4v) is 3.63. The van der Waals surface area contributed by atoms with E-state index in [1.54, 1.807) is 18.1 Å². The molecule has 0 aliphatic carbocycles. The molecule has 0 saturated carbocycles. The molecule has 3 rings (SSSR count). The lowest BCUT2D eigenvalue weighted by molar-refractivity contribution is -0.141. The lowest BCUT2D eigenvalue weighted by Crippen LogP contribution is -2.46. The Morgan fingerprint density at radius 1 is 1.07 bits per heavy atom. The van der Waals surface area contributed by atoms with Gasteiger partial charge in [0.1, 0.15) is 12.4 Å². The molecule has 0 aromatic heterocycles. The molecule has 2 aromatic carbocycles. The molecule has 0 spiro atoms. The van der Waals surface area contributed by atoms with Gasteiger partial charge in [-0.15, -0.1) is 0 Å². The minimum absolute atomic E-state index is 0.00750. The predicted molar refractivity (Wildman–Crippen MR) is 107 cm³/mol. The van der Waals surface area contributed by atoms with Crippen LogP contribution in [0.25, 0.3) is 0 Å². The molecule has 148 valence electrons. The molecule has 2 unspecified atom stereocenters. The van der Waals surface area contributed by atoms with E-state index in [2.05, 4.69) is 5.32 Å². The minimum atomic E-state index is -0.271. The van der Waals surface area contributed by atoms with Gasteiger partial charge in [0.15, 0.2) is 0 Å². The Kier molecular flexibility index (Phi) is 6.66. The summed E-state index contributed by atoms with van der Waals surface area (Å²) in [6.45, 7) is 0.380. The van der Waals surface area contributed by atoms with Gasteiger partial charge < -0.3 is 19.7 Å². The number of benzene rings is 2. The fourth-order valence-electron chi connectivity index (χ4n) is 3.63. The third-order valence-corrected chi connectivity index (χ3v) is 5.06. The lowest BCUT2D eigenvalue weighted by atomic mass is 9.88. The Bertz CT molecular complexity index is 809. The molecule has 1 aliphatic rings. The van der Waals surface area contributed by atoms with Crippen LogP contribution in [0.2, 0.25) is 0 Å². The predicted octanol–water partition coefficient (Wildman–Crippen LogP) is 3.26. The number of rotatable bonds is 6. The number of hydrogen-bond donors (Lipinski definition) is 1. The topological polar surface area (TPSA) is 67.9 Å². The van der Waals surface area contributed by atoms with Crippen LogP contribution in [0.5, 0.6) is 5.75 Å². The number of anilines is 1. The summed E-state index contributed by atoms with van der Waals surface area (Å²) in [5.74, 6) is 0.222. The van der Waals surface area contributed by atoms with Crippen LogP contribution in [0.1, 0.15) is 24.4 Å². The van der Waals surface area contributed by atoms with Crippen molar-refractivity contribution in [2.75, 3.05) is 32.7 Å². The Balaban J connectivity index is 1.73. The van der Waals surface area contributed by atoms with Gasteiger partial charge in [0.2, 0.25) is 11.8 Å². The van der Waals surface area contributed by atoms with Crippen molar-refractivity contribution in [1.82, 2.24) is 4.90 Å².